The van der Waals surface area contributed by atoms with Crippen LogP contribution in [0.25, 0.3) is 11.1 Å². The van der Waals surface area contributed by atoms with Crippen LogP contribution in [0, 0.1) is 0 Å². The average Bonchev–Trinajstić information content (AvgIpc) is 2.82. The molecule has 0 saturated heterocycles. The summed E-state index contributed by atoms with van der Waals surface area (Å²) < 4.78 is 1.92. The molecule has 21 heavy (non-hydrogen) atoms. The highest BCUT2D eigenvalue weighted by Crippen LogP contribution is 2.26. The van der Waals surface area contributed by atoms with E-state index >= 15 is 0 Å². The quantitative estimate of drug-likeness (QED) is 0.825. The van der Waals surface area contributed by atoms with Crippen molar-refractivity contribution in [3.63, 3.8) is 0 Å². The molecule has 0 aromatic carbocycles. The van der Waals surface area contributed by atoms with Crippen molar-refractivity contribution >= 4 is 16.8 Å². The zero-order valence-electron chi connectivity index (χ0n) is 13.0. The van der Waals surface area contributed by atoms with E-state index < -0.39 is 0 Å². The van der Waals surface area contributed by atoms with E-state index in [2.05, 4.69) is 19.1 Å². The van der Waals surface area contributed by atoms with Crippen LogP contribution in [0.2, 0.25) is 0 Å². The largest absolute Gasteiger partial charge is 0.399 e. The summed E-state index contributed by atoms with van der Waals surface area (Å²) in [6.45, 7) is 6.22. The first kappa shape index (κ1) is 15.1. The average molecular weight is 281 g/mol. The van der Waals surface area contributed by atoms with Gasteiger partial charge < -0.3 is 5.73 Å². The van der Waals surface area contributed by atoms with Crippen molar-refractivity contribution in [1.29, 1.82) is 0 Å². The van der Waals surface area contributed by atoms with Crippen molar-refractivity contribution in [2.24, 2.45) is 0 Å². The SMILES string of the molecule is C\C=C/C=C(\C=C/C)c1nn2ccc(N)cc2c1CCC. The Hall–Kier alpha value is -2.29. The summed E-state index contributed by atoms with van der Waals surface area (Å²) in [5.41, 5.74) is 11.2. The lowest BCUT2D eigenvalue weighted by Crippen LogP contribution is -1.91. The number of pyridine rings is 1. The van der Waals surface area contributed by atoms with Gasteiger partial charge in [0.1, 0.15) is 0 Å². The maximum absolute atomic E-state index is 5.93. The Balaban J connectivity index is 2.68. The molecule has 0 aliphatic carbocycles. The van der Waals surface area contributed by atoms with Crippen LogP contribution >= 0.6 is 0 Å². The molecule has 3 nitrogen and oxygen atoms in total. The number of fused-ring (bicyclic) bond motifs is 1. The summed E-state index contributed by atoms with van der Waals surface area (Å²) in [6.07, 6.45) is 14.3. The second-order valence-corrected chi connectivity index (χ2v) is 5.01. The number of rotatable bonds is 5. The van der Waals surface area contributed by atoms with Crippen LogP contribution in [0.3, 0.4) is 0 Å². The zero-order valence-corrected chi connectivity index (χ0v) is 13.0. The molecule has 2 rings (SSSR count). The number of aromatic nitrogens is 2. The molecule has 0 atom stereocenters. The first-order chi connectivity index (χ1) is 10.2. The van der Waals surface area contributed by atoms with Crippen LogP contribution in [-0.2, 0) is 6.42 Å². The van der Waals surface area contributed by atoms with Gasteiger partial charge in [0.05, 0.1) is 11.2 Å². The Kier molecular flexibility index (Phi) is 4.99. The summed E-state index contributed by atoms with van der Waals surface area (Å²) in [5.74, 6) is 0. The number of allylic oxidation sites excluding steroid dienone is 6. The van der Waals surface area contributed by atoms with Gasteiger partial charge in [-0.15, -0.1) is 0 Å². The van der Waals surface area contributed by atoms with Crippen molar-refractivity contribution in [1.82, 2.24) is 9.61 Å². The van der Waals surface area contributed by atoms with Gasteiger partial charge in [0.15, 0.2) is 0 Å². The van der Waals surface area contributed by atoms with E-state index in [1.54, 1.807) is 0 Å². The fraction of sp³-hybridized carbons (Fsp3) is 0.278. The van der Waals surface area contributed by atoms with E-state index in [0.29, 0.717) is 0 Å². The first-order valence-electron chi connectivity index (χ1n) is 7.44. The summed E-state index contributed by atoms with van der Waals surface area (Å²) in [6, 6.07) is 3.88. The molecule has 2 heterocycles. The van der Waals surface area contributed by atoms with Crippen molar-refractivity contribution in [3.8, 4) is 0 Å². The second-order valence-electron chi connectivity index (χ2n) is 5.01. The monoisotopic (exact) mass is 281 g/mol. The maximum Gasteiger partial charge on any atom is 0.0965 e. The van der Waals surface area contributed by atoms with Crippen LogP contribution < -0.4 is 5.73 Å². The maximum atomic E-state index is 5.93. The van der Waals surface area contributed by atoms with Gasteiger partial charge in [0.2, 0.25) is 0 Å². The van der Waals surface area contributed by atoms with Crippen molar-refractivity contribution in [2.75, 3.05) is 5.73 Å². The van der Waals surface area contributed by atoms with E-state index in [0.717, 1.165) is 35.3 Å². The molecular formula is C18H23N3. The Morgan fingerprint density at radius 3 is 2.81 bits per heavy atom. The molecule has 0 aliphatic heterocycles. The summed E-state index contributed by atoms with van der Waals surface area (Å²) in [5, 5.41) is 4.75. The summed E-state index contributed by atoms with van der Waals surface area (Å²) in [4.78, 5) is 0. The Labute approximate surface area is 126 Å². The Bertz CT molecular complexity index is 703. The van der Waals surface area contributed by atoms with E-state index in [-0.39, 0.29) is 0 Å². The van der Waals surface area contributed by atoms with Gasteiger partial charge in [-0.05, 0) is 32.4 Å². The molecule has 0 fully saturated rings. The van der Waals surface area contributed by atoms with Gasteiger partial charge in [-0.2, -0.15) is 5.10 Å². The van der Waals surface area contributed by atoms with Crippen LogP contribution in [0.15, 0.2) is 48.7 Å². The first-order valence-corrected chi connectivity index (χ1v) is 7.44. The van der Waals surface area contributed by atoms with Gasteiger partial charge >= 0.3 is 0 Å². The van der Waals surface area contributed by atoms with Crippen molar-refractivity contribution in [3.05, 3.63) is 60.0 Å². The molecule has 0 amide bonds. The number of nitrogens with zero attached hydrogens (tertiary/aromatic N) is 2. The third kappa shape index (κ3) is 3.24. The van der Waals surface area contributed by atoms with E-state index in [9.17, 15) is 0 Å². The number of aryl methyl sites for hydroxylation is 1. The van der Waals surface area contributed by atoms with Crippen LogP contribution in [-0.4, -0.2) is 9.61 Å². The van der Waals surface area contributed by atoms with Crippen LogP contribution in [0.5, 0.6) is 0 Å². The predicted molar refractivity (Wildman–Crippen MR) is 91.2 cm³/mol. The lowest BCUT2D eigenvalue weighted by molar-refractivity contribution is 0.924. The molecule has 0 aliphatic rings. The standard InChI is InChI=1S/C18H23N3/c1-4-7-10-14(8-5-2)18-16(9-6-3)17-13-15(19)11-12-21(17)20-18/h4-5,7-8,10-13H,6,9,19H2,1-3H3/b7-4-,8-5-,14-10+. The van der Waals surface area contributed by atoms with Gasteiger partial charge in [-0.3, -0.25) is 0 Å². The van der Waals surface area contributed by atoms with Crippen molar-refractivity contribution < 1.29 is 0 Å². The Morgan fingerprint density at radius 2 is 2.14 bits per heavy atom. The summed E-state index contributed by atoms with van der Waals surface area (Å²) in [7, 11) is 0. The lowest BCUT2D eigenvalue weighted by atomic mass is 10.0. The third-order valence-electron chi connectivity index (χ3n) is 3.35. The normalized spacial score (nSPS) is 13.0. The lowest BCUT2D eigenvalue weighted by Gasteiger charge is -2.02. The van der Waals surface area contributed by atoms with E-state index in [1.165, 1.54) is 5.56 Å². The molecule has 0 saturated carbocycles. The minimum absolute atomic E-state index is 0.774. The van der Waals surface area contributed by atoms with Gasteiger partial charge in [-0.25, -0.2) is 4.52 Å². The highest BCUT2D eigenvalue weighted by atomic mass is 15.2. The molecule has 2 aromatic rings. The molecule has 3 heteroatoms. The molecule has 0 radical (unpaired) electrons. The number of hydrogen-bond donors (Lipinski definition) is 1. The smallest absolute Gasteiger partial charge is 0.0965 e. The number of anilines is 1. The van der Waals surface area contributed by atoms with Gasteiger partial charge in [0.25, 0.3) is 0 Å². The fourth-order valence-electron chi connectivity index (χ4n) is 2.43. The van der Waals surface area contributed by atoms with Gasteiger partial charge in [0, 0.05) is 23.0 Å². The van der Waals surface area contributed by atoms with E-state index in [1.807, 2.05) is 54.9 Å². The molecule has 0 spiro atoms. The molecule has 0 bridgehead atoms. The highest BCUT2D eigenvalue weighted by molar-refractivity contribution is 5.79. The van der Waals surface area contributed by atoms with Gasteiger partial charge in [-0.1, -0.05) is 43.7 Å². The Morgan fingerprint density at radius 1 is 1.33 bits per heavy atom. The molecule has 2 N–H and O–H groups in total. The number of nitrogen functional groups attached to an aromatic ring is 1. The third-order valence-corrected chi connectivity index (χ3v) is 3.35. The molecule has 0 unspecified atom stereocenters. The molecular weight excluding hydrogens is 258 g/mol. The van der Waals surface area contributed by atoms with E-state index in [4.69, 9.17) is 10.8 Å². The second kappa shape index (κ2) is 6.93. The minimum atomic E-state index is 0.774. The topological polar surface area (TPSA) is 43.3 Å². The zero-order chi connectivity index (χ0) is 15.2. The highest BCUT2D eigenvalue weighted by Gasteiger charge is 2.14. The van der Waals surface area contributed by atoms with Crippen molar-refractivity contribution in [2.45, 2.75) is 33.6 Å². The predicted octanol–water partition coefficient (Wildman–Crippen LogP) is 4.40. The fourth-order valence-corrected chi connectivity index (χ4v) is 2.43. The molecule has 2 aromatic heterocycles. The van der Waals surface area contributed by atoms with Crippen LogP contribution in [0.1, 0.15) is 38.4 Å². The molecule has 110 valence electrons. The summed E-state index contributed by atoms with van der Waals surface area (Å²) >= 11 is 0. The number of hydrogen-bond acceptors (Lipinski definition) is 2. The van der Waals surface area contributed by atoms with Crippen LogP contribution in [0.4, 0.5) is 5.69 Å². The minimum Gasteiger partial charge on any atom is -0.399 e. The number of nitrogens with two attached hydrogens (primary N) is 1.